The predicted molar refractivity (Wildman–Crippen MR) is 73.6 cm³/mol. The van der Waals surface area contributed by atoms with E-state index in [-0.39, 0.29) is 18.5 Å². The molecule has 116 valence electrons. The van der Waals surface area contributed by atoms with Gasteiger partial charge in [0.05, 0.1) is 23.5 Å². The van der Waals surface area contributed by atoms with E-state index in [2.05, 4.69) is 4.98 Å². The van der Waals surface area contributed by atoms with Crippen LogP contribution in [0.3, 0.4) is 0 Å². The maximum atomic E-state index is 13.1. The minimum atomic E-state index is -4.34. The number of nitrogens with zero attached hydrogens (tertiary/aromatic N) is 2. The highest BCUT2D eigenvalue weighted by atomic mass is 19.4. The summed E-state index contributed by atoms with van der Waals surface area (Å²) in [5, 5.41) is 0. The van der Waals surface area contributed by atoms with Crippen LogP contribution in [-0.4, -0.2) is 24.1 Å². The zero-order valence-corrected chi connectivity index (χ0v) is 11.7. The van der Waals surface area contributed by atoms with Crippen molar-refractivity contribution >= 4 is 17.3 Å². The molecule has 1 aliphatic rings. The lowest BCUT2D eigenvalue weighted by Crippen LogP contribution is -2.43. The number of anilines is 2. The van der Waals surface area contributed by atoms with Crippen LogP contribution >= 0.6 is 0 Å². The molecule has 7 heteroatoms. The fourth-order valence-corrected chi connectivity index (χ4v) is 2.89. The SMILES string of the molecule is CN(C(=O)C1CCCCC1C(F)(F)F)c1ccncc1N. The summed E-state index contributed by atoms with van der Waals surface area (Å²) in [6, 6.07) is 1.53. The highest BCUT2D eigenvalue weighted by Gasteiger charge is 2.48. The van der Waals surface area contributed by atoms with Crippen LogP contribution in [-0.2, 0) is 4.79 Å². The number of hydrogen-bond acceptors (Lipinski definition) is 3. The van der Waals surface area contributed by atoms with Crippen LogP contribution in [0.15, 0.2) is 18.5 Å². The van der Waals surface area contributed by atoms with Gasteiger partial charge in [-0.1, -0.05) is 12.8 Å². The smallest absolute Gasteiger partial charge is 0.392 e. The number of nitrogen functional groups attached to an aromatic ring is 1. The molecule has 1 aliphatic carbocycles. The largest absolute Gasteiger partial charge is 0.396 e. The lowest BCUT2D eigenvalue weighted by molar-refractivity contribution is -0.197. The highest BCUT2D eigenvalue weighted by Crippen LogP contribution is 2.42. The van der Waals surface area contributed by atoms with Gasteiger partial charge in [0.15, 0.2) is 0 Å². The molecule has 2 rings (SSSR count). The molecular weight excluding hydrogens is 283 g/mol. The molecule has 21 heavy (non-hydrogen) atoms. The van der Waals surface area contributed by atoms with Gasteiger partial charge in [0.2, 0.25) is 5.91 Å². The van der Waals surface area contributed by atoms with Crippen LogP contribution in [0.4, 0.5) is 24.5 Å². The monoisotopic (exact) mass is 301 g/mol. The van der Waals surface area contributed by atoms with E-state index in [1.165, 1.54) is 30.4 Å². The molecule has 0 spiro atoms. The Labute approximate surface area is 121 Å². The maximum Gasteiger partial charge on any atom is 0.392 e. The number of halogens is 3. The Morgan fingerprint density at radius 3 is 2.67 bits per heavy atom. The first kappa shape index (κ1) is 15.6. The lowest BCUT2D eigenvalue weighted by Gasteiger charge is -2.34. The number of hydrogen-bond donors (Lipinski definition) is 1. The molecule has 1 amide bonds. The van der Waals surface area contributed by atoms with Crippen molar-refractivity contribution in [1.29, 1.82) is 0 Å². The third-order valence-electron chi connectivity index (χ3n) is 4.02. The second-order valence-electron chi connectivity index (χ2n) is 5.37. The molecule has 1 fully saturated rings. The molecule has 0 bridgehead atoms. The Kier molecular flexibility index (Phi) is 4.39. The van der Waals surface area contributed by atoms with Crippen molar-refractivity contribution in [1.82, 2.24) is 4.98 Å². The second-order valence-corrected chi connectivity index (χ2v) is 5.37. The van der Waals surface area contributed by atoms with Gasteiger partial charge in [0, 0.05) is 19.2 Å². The van der Waals surface area contributed by atoms with Crippen LogP contribution in [0.5, 0.6) is 0 Å². The van der Waals surface area contributed by atoms with Gasteiger partial charge >= 0.3 is 6.18 Å². The minimum absolute atomic E-state index is 0.0135. The van der Waals surface area contributed by atoms with E-state index in [1.807, 2.05) is 0 Å². The number of alkyl halides is 3. The molecular formula is C14H18F3N3O. The van der Waals surface area contributed by atoms with E-state index in [0.29, 0.717) is 18.5 Å². The topological polar surface area (TPSA) is 59.2 Å². The van der Waals surface area contributed by atoms with Crippen LogP contribution in [0, 0.1) is 11.8 Å². The average molecular weight is 301 g/mol. The van der Waals surface area contributed by atoms with E-state index in [0.717, 1.165) is 0 Å². The van der Waals surface area contributed by atoms with Gasteiger partial charge in [0.1, 0.15) is 0 Å². The first-order valence-corrected chi connectivity index (χ1v) is 6.86. The zero-order valence-electron chi connectivity index (χ0n) is 11.7. The summed E-state index contributed by atoms with van der Waals surface area (Å²) in [6.45, 7) is 0. The van der Waals surface area contributed by atoms with E-state index >= 15 is 0 Å². The fourth-order valence-electron chi connectivity index (χ4n) is 2.89. The van der Waals surface area contributed by atoms with E-state index in [9.17, 15) is 18.0 Å². The van der Waals surface area contributed by atoms with Crippen LogP contribution in [0.1, 0.15) is 25.7 Å². The third kappa shape index (κ3) is 3.28. The van der Waals surface area contributed by atoms with Gasteiger partial charge < -0.3 is 10.6 Å². The Morgan fingerprint density at radius 1 is 1.38 bits per heavy atom. The standard InChI is InChI=1S/C14H18F3N3O/c1-20(12-6-7-19-8-11(12)18)13(21)9-4-2-3-5-10(9)14(15,16)17/h6-10H,2-5,18H2,1H3. The number of pyridine rings is 1. The van der Waals surface area contributed by atoms with Crippen molar-refractivity contribution in [3.63, 3.8) is 0 Å². The van der Waals surface area contributed by atoms with E-state index < -0.39 is 23.9 Å². The molecule has 1 aromatic heterocycles. The zero-order chi connectivity index (χ0) is 15.6. The van der Waals surface area contributed by atoms with Crippen molar-refractivity contribution in [3.05, 3.63) is 18.5 Å². The first-order chi connectivity index (χ1) is 9.82. The second kappa shape index (κ2) is 5.91. The molecule has 1 saturated carbocycles. The summed E-state index contributed by atoms with van der Waals surface area (Å²) in [5.74, 6) is -3.13. The molecule has 2 unspecified atom stereocenters. The summed E-state index contributed by atoms with van der Waals surface area (Å²) < 4.78 is 39.3. The number of aromatic nitrogens is 1. The summed E-state index contributed by atoms with van der Waals surface area (Å²) in [4.78, 5) is 17.5. The Morgan fingerprint density at radius 2 is 2.05 bits per heavy atom. The average Bonchev–Trinajstić information content (AvgIpc) is 2.45. The fraction of sp³-hybridized carbons (Fsp3) is 0.571. The molecule has 0 radical (unpaired) electrons. The van der Waals surface area contributed by atoms with Gasteiger partial charge in [-0.05, 0) is 18.9 Å². The van der Waals surface area contributed by atoms with Crippen LogP contribution in [0.25, 0.3) is 0 Å². The van der Waals surface area contributed by atoms with Gasteiger partial charge in [-0.3, -0.25) is 9.78 Å². The number of rotatable bonds is 2. The minimum Gasteiger partial charge on any atom is -0.396 e. The molecule has 2 atom stereocenters. The molecule has 0 saturated heterocycles. The normalized spacial score (nSPS) is 22.9. The molecule has 0 aliphatic heterocycles. The van der Waals surface area contributed by atoms with Crippen LogP contribution < -0.4 is 10.6 Å². The predicted octanol–water partition coefficient (Wildman–Crippen LogP) is 3.00. The van der Waals surface area contributed by atoms with Gasteiger partial charge in [-0.2, -0.15) is 13.2 Å². The summed E-state index contributed by atoms with van der Waals surface area (Å²) in [7, 11) is 1.45. The van der Waals surface area contributed by atoms with Crippen molar-refractivity contribution in [2.75, 3.05) is 17.7 Å². The lowest BCUT2D eigenvalue weighted by atomic mass is 9.78. The summed E-state index contributed by atoms with van der Waals surface area (Å²) in [5.41, 5.74) is 6.39. The number of carbonyl (C=O) groups is 1. The summed E-state index contributed by atoms with van der Waals surface area (Å²) in [6.07, 6.45) is -0.0835. The summed E-state index contributed by atoms with van der Waals surface area (Å²) >= 11 is 0. The molecule has 1 heterocycles. The first-order valence-electron chi connectivity index (χ1n) is 6.86. The van der Waals surface area contributed by atoms with Crippen LogP contribution in [0.2, 0.25) is 0 Å². The Hall–Kier alpha value is -1.79. The third-order valence-corrected chi connectivity index (χ3v) is 4.02. The molecule has 0 aromatic carbocycles. The van der Waals surface area contributed by atoms with Gasteiger partial charge in [0.25, 0.3) is 0 Å². The number of nitrogens with two attached hydrogens (primary N) is 1. The van der Waals surface area contributed by atoms with E-state index in [1.54, 1.807) is 0 Å². The quantitative estimate of drug-likeness (QED) is 0.913. The molecule has 1 aromatic rings. The van der Waals surface area contributed by atoms with Gasteiger partial charge in [-0.15, -0.1) is 0 Å². The Balaban J connectivity index is 2.23. The van der Waals surface area contributed by atoms with Crippen molar-refractivity contribution in [3.8, 4) is 0 Å². The van der Waals surface area contributed by atoms with Crippen molar-refractivity contribution in [2.24, 2.45) is 11.8 Å². The van der Waals surface area contributed by atoms with Gasteiger partial charge in [-0.25, -0.2) is 0 Å². The molecule has 4 nitrogen and oxygen atoms in total. The number of carbonyl (C=O) groups excluding carboxylic acids is 1. The van der Waals surface area contributed by atoms with Crippen molar-refractivity contribution in [2.45, 2.75) is 31.9 Å². The van der Waals surface area contributed by atoms with E-state index in [4.69, 9.17) is 5.73 Å². The Bertz CT molecular complexity index is 518. The number of amides is 1. The highest BCUT2D eigenvalue weighted by molar-refractivity contribution is 5.97. The molecule has 2 N–H and O–H groups in total. The maximum absolute atomic E-state index is 13.1. The van der Waals surface area contributed by atoms with Crippen molar-refractivity contribution < 1.29 is 18.0 Å².